The van der Waals surface area contributed by atoms with E-state index in [0.717, 1.165) is 16.2 Å². The molecule has 0 fully saturated rings. The fourth-order valence-electron chi connectivity index (χ4n) is 2.93. The average molecular weight is 272 g/mol. The molecule has 1 unspecified atom stereocenters. The molecule has 0 radical (unpaired) electrons. The second kappa shape index (κ2) is 5.01. The molecule has 19 heavy (non-hydrogen) atoms. The first-order chi connectivity index (χ1) is 9.18. The van der Waals surface area contributed by atoms with Gasteiger partial charge in [0, 0.05) is 16.6 Å². The van der Waals surface area contributed by atoms with Crippen molar-refractivity contribution in [2.45, 2.75) is 30.4 Å². The number of hydrogen-bond acceptors (Lipinski definition) is 1. The van der Waals surface area contributed by atoms with Crippen LogP contribution < -0.4 is 0 Å². The van der Waals surface area contributed by atoms with Crippen molar-refractivity contribution in [1.82, 2.24) is 0 Å². The summed E-state index contributed by atoms with van der Waals surface area (Å²) in [4.78, 5) is 0.831. The minimum absolute atomic E-state index is 0.0824. The second-order valence-electron chi connectivity index (χ2n) is 5.37. The molecule has 0 N–H and O–H groups in total. The van der Waals surface area contributed by atoms with Crippen molar-refractivity contribution in [3.8, 4) is 0 Å². The Balaban J connectivity index is 2.24. The Bertz CT molecular complexity index is 604. The second-order valence-corrected chi connectivity index (χ2v) is 6.35. The van der Waals surface area contributed by atoms with Crippen LogP contribution in [0.4, 0.5) is 4.39 Å². The van der Waals surface area contributed by atoms with Gasteiger partial charge in [0.1, 0.15) is 5.82 Å². The van der Waals surface area contributed by atoms with Crippen LogP contribution in [-0.4, -0.2) is 0 Å². The van der Waals surface area contributed by atoms with Crippen molar-refractivity contribution in [1.29, 1.82) is 0 Å². The molecule has 2 aromatic rings. The van der Waals surface area contributed by atoms with E-state index < -0.39 is 0 Å². The predicted molar refractivity (Wildman–Crippen MR) is 79.1 cm³/mol. The van der Waals surface area contributed by atoms with Gasteiger partial charge in [0.25, 0.3) is 0 Å². The lowest BCUT2D eigenvalue weighted by atomic mass is 9.81. The molecule has 3 rings (SSSR count). The van der Waals surface area contributed by atoms with Gasteiger partial charge in [-0.05, 0) is 28.7 Å². The number of fused-ring (bicyclic) bond motifs is 2. The van der Waals surface area contributed by atoms with E-state index in [4.69, 9.17) is 0 Å². The van der Waals surface area contributed by atoms with Crippen molar-refractivity contribution in [2.24, 2.45) is 5.92 Å². The molecule has 98 valence electrons. The topological polar surface area (TPSA) is 0 Å². The molecule has 0 spiro atoms. The third-order valence-electron chi connectivity index (χ3n) is 3.76. The summed E-state index contributed by atoms with van der Waals surface area (Å²) in [5.74, 6) is 1.52. The number of halogens is 1. The summed E-state index contributed by atoms with van der Waals surface area (Å²) < 4.78 is 14.1. The molecule has 2 aromatic carbocycles. The van der Waals surface area contributed by atoms with Crippen molar-refractivity contribution in [3.05, 3.63) is 65.0 Å². The molecule has 0 amide bonds. The van der Waals surface area contributed by atoms with Crippen LogP contribution in [0.3, 0.4) is 0 Å². The standard InChI is InChI=1S/C17H17FS/c1-11(2)16-13-7-4-3-6-12(13)10-19-17-14(16)8-5-9-15(17)18/h3-9,11,16H,10H2,1-2H3. The molecular weight excluding hydrogens is 255 g/mol. The monoisotopic (exact) mass is 272 g/mol. The normalized spacial score (nSPS) is 17.8. The predicted octanol–water partition coefficient (Wildman–Crippen LogP) is 5.22. The highest BCUT2D eigenvalue weighted by molar-refractivity contribution is 7.98. The van der Waals surface area contributed by atoms with Crippen LogP contribution in [0.25, 0.3) is 0 Å². The number of benzene rings is 2. The summed E-state index contributed by atoms with van der Waals surface area (Å²) in [5, 5.41) is 0. The first-order valence-corrected chi connectivity index (χ1v) is 7.66. The van der Waals surface area contributed by atoms with Crippen LogP contribution in [0.5, 0.6) is 0 Å². The lowest BCUT2D eigenvalue weighted by Gasteiger charge is -2.23. The van der Waals surface area contributed by atoms with E-state index in [1.54, 1.807) is 17.8 Å². The van der Waals surface area contributed by atoms with Gasteiger partial charge in [-0.1, -0.05) is 50.2 Å². The first-order valence-electron chi connectivity index (χ1n) is 6.67. The lowest BCUT2D eigenvalue weighted by molar-refractivity contribution is 0.539. The van der Waals surface area contributed by atoms with E-state index in [0.29, 0.717) is 5.92 Å². The number of thioether (sulfide) groups is 1. The zero-order valence-electron chi connectivity index (χ0n) is 11.2. The molecule has 0 nitrogen and oxygen atoms in total. The van der Waals surface area contributed by atoms with Gasteiger partial charge in [0.2, 0.25) is 0 Å². The van der Waals surface area contributed by atoms with Gasteiger partial charge in [-0.25, -0.2) is 4.39 Å². The maximum Gasteiger partial charge on any atom is 0.137 e. The highest BCUT2D eigenvalue weighted by atomic mass is 32.2. The zero-order valence-corrected chi connectivity index (χ0v) is 12.0. The minimum atomic E-state index is -0.0824. The summed E-state index contributed by atoms with van der Waals surface area (Å²) in [7, 11) is 0. The Morgan fingerprint density at radius 3 is 2.58 bits per heavy atom. The van der Waals surface area contributed by atoms with E-state index in [-0.39, 0.29) is 11.7 Å². The first kappa shape index (κ1) is 12.7. The SMILES string of the molecule is CC(C)C1c2ccccc2CSc2c(F)cccc21. The molecule has 1 aliphatic heterocycles. The van der Waals surface area contributed by atoms with Gasteiger partial charge < -0.3 is 0 Å². The maximum absolute atomic E-state index is 14.1. The number of hydrogen-bond donors (Lipinski definition) is 0. The highest BCUT2D eigenvalue weighted by Gasteiger charge is 2.27. The molecule has 2 heteroatoms. The van der Waals surface area contributed by atoms with Crippen molar-refractivity contribution < 1.29 is 4.39 Å². The quantitative estimate of drug-likeness (QED) is 0.686. The van der Waals surface area contributed by atoms with Crippen LogP contribution in [0.15, 0.2) is 47.4 Å². The van der Waals surface area contributed by atoms with Gasteiger partial charge in [-0.15, -0.1) is 11.8 Å². The Labute approximate surface area is 118 Å². The van der Waals surface area contributed by atoms with Crippen LogP contribution in [0.2, 0.25) is 0 Å². The minimum Gasteiger partial charge on any atom is -0.206 e. The molecule has 0 saturated carbocycles. The molecule has 0 aliphatic carbocycles. The fourth-order valence-corrected chi connectivity index (χ4v) is 4.06. The summed E-state index contributed by atoms with van der Waals surface area (Å²) in [5.41, 5.74) is 3.83. The van der Waals surface area contributed by atoms with E-state index in [9.17, 15) is 4.39 Å². The molecule has 0 aromatic heterocycles. The van der Waals surface area contributed by atoms with Crippen LogP contribution >= 0.6 is 11.8 Å². The third-order valence-corrected chi connectivity index (χ3v) is 4.94. The summed E-state index contributed by atoms with van der Waals surface area (Å²) >= 11 is 1.62. The van der Waals surface area contributed by atoms with Crippen LogP contribution in [-0.2, 0) is 5.75 Å². The molecule has 1 heterocycles. The lowest BCUT2D eigenvalue weighted by Crippen LogP contribution is -2.10. The summed E-state index contributed by atoms with van der Waals surface area (Å²) in [6.45, 7) is 4.43. The van der Waals surface area contributed by atoms with Gasteiger partial charge in [0.15, 0.2) is 0 Å². The summed E-state index contributed by atoms with van der Waals surface area (Å²) in [6.07, 6.45) is 0. The Hall–Kier alpha value is -1.28. The highest BCUT2D eigenvalue weighted by Crippen LogP contribution is 2.44. The van der Waals surface area contributed by atoms with Crippen LogP contribution in [0.1, 0.15) is 36.5 Å². The Kier molecular flexibility index (Phi) is 3.36. The van der Waals surface area contributed by atoms with E-state index in [2.05, 4.69) is 44.2 Å². The molecule has 1 aliphatic rings. The molecular formula is C17H17FS. The fraction of sp³-hybridized carbons (Fsp3) is 0.294. The summed E-state index contributed by atoms with van der Waals surface area (Å²) in [6, 6.07) is 14.0. The van der Waals surface area contributed by atoms with Gasteiger partial charge in [-0.2, -0.15) is 0 Å². The molecule has 0 saturated heterocycles. The average Bonchev–Trinajstić information content (AvgIpc) is 2.56. The van der Waals surface area contributed by atoms with Crippen molar-refractivity contribution >= 4 is 11.8 Å². The van der Waals surface area contributed by atoms with E-state index in [1.807, 2.05) is 6.07 Å². The Morgan fingerprint density at radius 1 is 1.05 bits per heavy atom. The van der Waals surface area contributed by atoms with Gasteiger partial charge >= 0.3 is 0 Å². The molecule has 1 atom stereocenters. The van der Waals surface area contributed by atoms with Gasteiger partial charge in [-0.3, -0.25) is 0 Å². The van der Waals surface area contributed by atoms with E-state index >= 15 is 0 Å². The Morgan fingerprint density at radius 2 is 1.79 bits per heavy atom. The maximum atomic E-state index is 14.1. The van der Waals surface area contributed by atoms with Gasteiger partial charge in [0.05, 0.1) is 0 Å². The third kappa shape index (κ3) is 2.18. The van der Waals surface area contributed by atoms with Crippen LogP contribution in [0, 0.1) is 11.7 Å². The van der Waals surface area contributed by atoms with Crippen molar-refractivity contribution in [3.63, 3.8) is 0 Å². The number of rotatable bonds is 1. The molecule has 0 bridgehead atoms. The zero-order chi connectivity index (χ0) is 13.4. The van der Waals surface area contributed by atoms with E-state index in [1.165, 1.54) is 11.1 Å². The smallest absolute Gasteiger partial charge is 0.137 e. The largest absolute Gasteiger partial charge is 0.206 e. The van der Waals surface area contributed by atoms with Crippen molar-refractivity contribution in [2.75, 3.05) is 0 Å².